The number of benzene rings is 1. The first-order valence-corrected chi connectivity index (χ1v) is 3.40. The first-order valence-electron chi connectivity index (χ1n) is 3.40. The van der Waals surface area contributed by atoms with Crippen molar-refractivity contribution in [3.63, 3.8) is 0 Å². The van der Waals surface area contributed by atoms with E-state index in [1.165, 1.54) is 12.4 Å². The molecule has 0 atom stereocenters. The zero-order valence-electron chi connectivity index (χ0n) is 7.87. The van der Waals surface area contributed by atoms with Crippen molar-refractivity contribution in [2.24, 2.45) is 5.73 Å². The average Bonchev–Trinajstić information content (AvgIpc) is 1.87. The largest absolute Gasteiger partial charge is 0.412 e. The van der Waals surface area contributed by atoms with Crippen molar-refractivity contribution in [2.45, 2.75) is 6.92 Å². The van der Waals surface area contributed by atoms with E-state index in [4.69, 9.17) is 0 Å². The standard InChI is InChI=1S/C6H7B.C2H5NO.2H2O/c7-6-4-2-1-3-5-6;1-2(3)4;;/h1-5H,7H2;1H3,(H2,3,4);2*1H2. The van der Waals surface area contributed by atoms with E-state index in [1.807, 2.05) is 18.2 Å². The van der Waals surface area contributed by atoms with Gasteiger partial charge in [-0.3, -0.25) is 4.79 Å². The Morgan fingerprint density at radius 3 is 1.69 bits per heavy atom. The quantitative estimate of drug-likeness (QED) is 0.454. The molecular formula is C8H16BNO3. The molecule has 0 heterocycles. The topological polar surface area (TPSA) is 106 Å². The first-order chi connectivity index (χ1) is 5.13. The Morgan fingerprint density at radius 1 is 1.23 bits per heavy atom. The van der Waals surface area contributed by atoms with Gasteiger partial charge < -0.3 is 16.7 Å². The van der Waals surface area contributed by atoms with Gasteiger partial charge in [-0.15, -0.1) is 0 Å². The molecule has 4 nitrogen and oxygen atoms in total. The number of carbonyl (C=O) groups is 1. The highest BCUT2D eigenvalue weighted by Gasteiger charge is 1.72. The summed E-state index contributed by atoms with van der Waals surface area (Å²) in [5, 5.41) is 0. The van der Waals surface area contributed by atoms with E-state index in [-0.39, 0.29) is 16.9 Å². The lowest BCUT2D eigenvalue weighted by atomic mass is 9.97. The Hall–Kier alpha value is -1.33. The van der Waals surface area contributed by atoms with Crippen molar-refractivity contribution >= 4 is 19.2 Å². The van der Waals surface area contributed by atoms with Gasteiger partial charge in [0.05, 0.1) is 0 Å². The molecule has 0 aromatic heterocycles. The molecular weight excluding hydrogens is 169 g/mol. The lowest BCUT2D eigenvalue weighted by molar-refractivity contribution is -0.115. The third-order valence-electron chi connectivity index (χ3n) is 0.940. The SMILES string of the molecule is Bc1ccccc1.CC(N)=O.O.O. The highest BCUT2D eigenvalue weighted by molar-refractivity contribution is 6.32. The molecule has 74 valence electrons. The van der Waals surface area contributed by atoms with Crippen molar-refractivity contribution in [3.05, 3.63) is 30.3 Å². The summed E-state index contributed by atoms with van der Waals surface area (Å²) in [4.78, 5) is 9.22. The average molecular weight is 185 g/mol. The maximum absolute atomic E-state index is 9.22. The molecule has 1 aromatic carbocycles. The van der Waals surface area contributed by atoms with Crippen LogP contribution in [0.25, 0.3) is 0 Å². The van der Waals surface area contributed by atoms with Crippen LogP contribution in [0.15, 0.2) is 30.3 Å². The normalized spacial score (nSPS) is 6.54. The Morgan fingerprint density at radius 2 is 1.54 bits per heavy atom. The molecule has 0 saturated carbocycles. The summed E-state index contributed by atoms with van der Waals surface area (Å²) in [6.45, 7) is 1.31. The molecule has 6 N–H and O–H groups in total. The third kappa shape index (κ3) is 18.0. The Bertz CT molecular complexity index is 212. The fourth-order valence-corrected chi connectivity index (χ4v) is 0.534. The molecule has 0 fully saturated rings. The third-order valence-corrected chi connectivity index (χ3v) is 0.940. The summed E-state index contributed by atoms with van der Waals surface area (Å²) in [6, 6.07) is 10.3. The van der Waals surface area contributed by atoms with Gasteiger partial charge in [-0.2, -0.15) is 0 Å². The summed E-state index contributed by atoms with van der Waals surface area (Å²) in [7, 11) is 2.08. The van der Waals surface area contributed by atoms with E-state index in [1.54, 1.807) is 0 Å². The van der Waals surface area contributed by atoms with Gasteiger partial charge in [0.2, 0.25) is 5.91 Å². The van der Waals surface area contributed by atoms with Crippen LogP contribution in [0.2, 0.25) is 0 Å². The molecule has 0 bridgehead atoms. The fourth-order valence-electron chi connectivity index (χ4n) is 0.534. The molecule has 1 rings (SSSR count). The van der Waals surface area contributed by atoms with Gasteiger partial charge in [-0.05, 0) is 0 Å². The van der Waals surface area contributed by atoms with Crippen LogP contribution in [0, 0.1) is 0 Å². The van der Waals surface area contributed by atoms with Crippen molar-refractivity contribution < 1.29 is 15.7 Å². The Kier molecular flexibility index (Phi) is 14.5. The molecule has 0 aliphatic heterocycles. The van der Waals surface area contributed by atoms with Crippen LogP contribution in [0.3, 0.4) is 0 Å². The van der Waals surface area contributed by atoms with Crippen LogP contribution >= 0.6 is 0 Å². The number of amides is 1. The molecule has 0 unspecified atom stereocenters. The Balaban J connectivity index is -0.000000150. The fraction of sp³-hybridized carbons (Fsp3) is 0.125. The number of nitrogens with two attached hydrogens (primary N) is 1. The van der Waals surface area contributed by atoms with Gasteiger partial charge in [0.1, 0.15) is 7.85 Å². The number of rotatable bonds is 0. The highest BCUT2D eigenvalue weighted by atomic mass is 16.1. The lowest BCUT2D eigenvalue weighted by Crippen LogP contribution is -2.01. The van der Waals surface area contributed by atoms with E-state index < -0.39 is 0 Å². The van der Waals surface area contributed by atoms with E-state index in [9.17, 15) is 4.79 Å². The van der Waals surface area contributed by atoms with Gasteiger partial charge in [0.15, 0.2) is 0 Å². The second kappa shape index (κ2) is 10.7. The minimum Gasteiger partial charge on any atom is -0.412 e. The van der Waals surface area contributed by atoms with Crippen LogP contribution in [0.4, 0.5) is 0 Å². The van der Waals surface area contributed by atoms with Crippen LogP contribution in [0.5, 0.6) is 0 Å². The summed E-state index contributed by atoms with van der Waals surface area (Å²) in [6.07, 6.45) is 0. The highest BCUT2D eigenvalue weighted by Crippen LogP contribution is 1.76. The van der Waals surface area contributed by atoms with Crippen LogP contribution in [-0.2, 0) is 4.79 Å². The summed E-state index contributed by atoms with van der Waals surface area (Å²) in [5.74, 6) is -0.333. The van der Waals surface area contributed by atoms with Crippen LogP contribution < -0.4 is 11.2 Å². The minimum atomic E-state index is -0.333. The molecule has 0 saturated heterocycles. The van der Waals surface area contributed by atoms with E-state index in [0.29, 0.717) is 0 Å². The van der Waals surface area contributed by atoms with Gasteiger partial charge in [0, 0.05) is 6.92 Å². The second-order valence-corrected chi connectivity index (χ2v) is 2.27. The monoisotopic (exact) mass is 185 g/mol. The molecule has 0 radical (unpaired) electrons. The summed E-state index contributed by atoms with van der Waals surface area (Å²) < 4.78 is 0. The van der Waals surface area contributed by atoms with Crippen molar-refractivity contribution in [1.82, 2.24) is 0 Å². The van der Waals surface area contributed by atoms with Crippen LogP contribution in [-0.4, -0.2) is 24.7 Å². The molecule has 0 aliphatic carbocycles. The second-order valence-electron chi connectivity index (χ2n) is 2.27. The molecule has 0 aliphatic rings. The predicted molar refractivity (Wildman–Crippen MR) is 56.7 cm³/mol. The minimum absolute atomic E-state index is 0. The van der Waals surface area contributed by atoms with E-state index >= 15 is 0 Å². The molecule has 1 amide bonds. The molecule has 5 heteroatoms. The number of carbonyl (C=O) groups excluding carboxylic acids is 1. The van der Waals surface area contributed by atoms with Crippen molar-refractivity contribution in [3.8, 4) is 0 Å². The van der Waals surface area contributed by atoms with Crippen LogP contribution in [0.1, 0.15) is 6.92 Å². The maximum Gasteiger partial charge on any atom is 0.214 e. The van der Waals surface area contributed by atoms with Gasteiger partial charge >= 0.3 is 0 Å². The number of primary amides is 1. The Labute approximate surface area is 78.8 Å². The van der Waals surface area contributed by atoms with Gasteiger partial charge in [-0.25, -0.2) is 0 Å². The lowest BCUT2D eigenvalue weighted by Gasteiger charge is -1.82. The number of hydrogen-bond donors (Lipinski definition) is 1. The first kappa shape index (κ1) is 17.7. The van der Waals surface area contributed by atoms with Crippen molar-refractivity contribution in [2.75, 3.05) is 0 Å². The predicted octanol–water partition coefficient (Wildman–Crippen LogP) is -2.21. The maximum atomic E-state index is 9.22. The smallest absolute Gasteiger partial charge is 0.214 e. The summed E-state index contributed by atoms with van der Waals surface area (Å²) in [5.41, 5.74) is 5.79. The molecule has 1 aromatic rings. The zero-order valence-corrected chi connectivity index (χ0v) is 7.87. The van der Waals surface area contributed by atoms with E-state index in [2.05, 4.69) is 25.7 Å². The molecule has 0 spiro atoms. The van der Waals surface area contributed by atoms with Gasteiger partial charge in [-0.1, -0.05) is 35.8 Å². The molecule has 13 heavy (non-hydrogen) atoms. The van der Waals surface area contributed by atoms with Crippen molar-refractivity contribution in [1.29, 1.82) is 0 Å². The number of hydrogen-bond acceptors (Lipinski definition) is 1. The van der Waals surface area contributed by atoms with Gasteiger partial charge in [0.25, 0.3) is 0 Å². The summed E-state index contributed by atoms with van der Waals surface area (Å²) >= 11 is 0. The zero-order chi connectivity index (χ0) is 8.69. The van der Waals surface area contributed by atoms with E-state index in [0.717, 1.165) is 0 Å².